The van der Waals surface area contributed by atoms with E-state index in [9.17, 15) is 4.79 Å². The number of halogens is 2. The molecule has 0 atom stereocenters. The Bertz CT molecular complexity index is 1020. The molecule has 1 aliphatic rings. The van der Waals surface area contributed by atoms with E-state index in [0.717, 1.165) is 33.1 Å². The van der Waals surface area contributed by atoms with Crippen molar-refractivity contribution < 1.29 is 9.53 Å². The van der Waals surface area contributed by atoms with E-state index in [0.29, 0.717) is 11.3 Å². The van der Waals surface area contributed by atoms with Crippen LogP contribution in [0, 0.1) is 0 Å². The molecule has 0 spiro atoms. The Labute approximate surface area is 186 Å². The molecule has 150 valence electrons. The molecule has 5 nitrogen and oxygen atoms in total. The van der Waals surface area contributed by atoms with Gasteiger partial charge in [-0.15, -0.1) is 0 Å². The largest absolute Gasteiger partial charge is 0.480 e. The van der Waals surface area contributed by atoms with Crippen LogP contribution in [0.2, 0.25) is 0 Å². The van der Waals surface area contributed by atoms with Gasteiger partial charge >= 0.3 is 0 Å². The third kappa shape index (κ3) is 4.73. The standard InChI is InChI=1S/C22H21Br2N3O2/c23-18-13-19(24)22(21-17(18)5-4-10-25-21)29-14-20(28)26-15-6-8-16(9-7-15)27-11-2-1-3-12-27/h4-10,13H,1-3,11-12,14H2,(H,26,28). The lowest BCUT2D eigenvalue weighted by Crippen LogP contribution is -2.29. The Balaban J connectivity index is 1.40. The van der Waals surface area contributed by atoms with Gasteiger partial charge < -0.3 is 15.0 Å². The molecule has 1 aromatic heterocycles. The molecule has 0 aliphatic carbocycles. The Morgan fingerprint density at radius 2 is 1.83 bits per heavy atom. The highest BCUT2D eigenvalue weighted by molar-refractivity contribution is 9.11. The average molecular weight is 519 g/mol. The second-order valence-corrected chi connectivity index (χ2v) is 8.71. The number of aromatic nitrogens is 1. The van der Waals surface area contributed by atoms with E-state index >= 15 is 0 Å². The topological polar surface area (TPSA) is 54.5 Å². The first kappa shape index (κ1) is 20.2. The monoisotopic (exact) mass is 517 g/mol. The molecule has 3 aromatic rings. The van der Waals surface area contributed by atoms with Gasteiger partial charge in [-0.2, -0.15) is 0 Å². The molecular weight excluding hydrogens is 498 g/mol. The number of anilines is 2. The molecule has 1 aliphatic heterocycles. The van der Waals surface area contributed by atoms with Crippen molar-refractivity contribution in [1.82, 2.24) is 4.98 Å². The predicted octanol–water partition coefficient (Wildman–Crippen LogP) is 5.77. The van der Waals surface area contributed by atoms with Crippen molar-refractivity contribution in [2.75, 3.05) is 29.9 Å². The summed E-state index contributed by atoms with van der Waals surface area (Å²) in [4.78, 5) is 19.2. The molecule has 0 radical (unpaired) electrons. The molecule has 2 heterocycles. The smallest absolute Gasteiger partial charge is 0.262 e. The van der Waals surface area contributed by atoms with Gasteiger partial charge in [-0.3, -0.25) is 9.78 Å². The highest BCUT2D eigenvalue weighted by Crippen LogP contribution is 2.37. The van der Waals surface area contributed by atoms with E-state index in [2.05, 4.69) is 59.2 Å². The van der Waals surface area contributed by atoms with Crippen LogP contribution in [-0.4, -0.2) is 30.6 Å². The van der Waals surface area contributed by atoms with Crippen molar-refractivity contribution in [3.8, 4) is 5.75 Å². The van der Waals surface area contributed by atoms with Crippen molar-refractivity contribution in [3.05, 3.63) is 57.6 Å². The SMILES string of the molecule is O=C(COc1c(Br)cc(Br)c2cccnc12)Nc1ccc(N2CCCCC2)cc1. The summed E-state index contributed by atoms with van der Waals surface area (Å²) in [5.74, 6) is 0.342. The van der Waals surface area contributed by atoms with E-state index < -0.39 is 0 Å². The van der Waals surface area contributed by atoms with Gasteiger partial charge in [0, 0.05) is 40.5 Å². The third-order valence-corrected chi connectivity index (χ3v) is 6.22. The number of hydrogen-bond acceptors (Lipinski definition) is 4. The Kier molecular flexibility index (Phi) is 6.35. The maximum absolute atomic E-state index is 12.4. The van der Waals surface area contributed by atoms with Gasteiger partial charge in [0.25, 0.3) is 5.91 Å². The number of nitrogens with one attached hydrogen (secondary N) is 1. The molecule has 4 rings (SSSR count). The number of piperidine rings is 1. The zero-order valence-corrected chi connectivity index (χ0v) is 19.0. The summed E-state index contributed by atoms with van der Waals surface area (Å²) in [5.41, 5.74) is 2.67. The molecule has 0 saturated carbocycles. The number of fused-ring (bicyclic) bond motifs is 1. The fraction of sp³-hybridized carbons (Fsp3) is 0.273. The van der Waals surface area contributed by atoms with Crippen LogP contribution >= 0.6 is 31.9 Å². The Hall–Kier alpha value is -2.12. The minimum absolute atomic E-state index is 0.0974. The summed E-state index contributed by atoms with van der Waals surface area (Å²) in [6.07, 6.45) is 5.50. The minimum atomic E-state index is -0.213. The number of amides is 1. The molecule has 7 heteroatoms. The van der Waals surface area contributed by atoms with E-state index in [4.69, 9.17) is 4.74 Å². The van der Waals surface area contributed by atoms with Gasteiger partial charge in [0.05, 0.1) is 4.47 Å². The number of nitrogens with zero attached hydrogens (tertiary/aromatic N) is 2. The van der Waals surface area contributed by atoms with Gasteiger partial charge in [-0.05, 0) is 71.6 Å². The number of rotatable bonds is 5. The first-order valence-electron chi connectivity index (χ1n) is 9.62. The predicted molar refractivity (Wildman–Crippen MR) is 124 cm³/mol. The molecule has 1 fully saturated rings. The van der Waals surface area contributed by atoms with E-state index in [-0.39, 0.29) is 12.5 Å². The molecule has 1 amide bonds. The summed E-state index contributed by atoms with van der Waals surface area (Å²) in [6, 6.07) is 13.7. The molecule has 0 bridgehead atoms. The molecule has 1 N–H and O–H groups in total. The van der Waals surface area contributed by atoms with Crippen LogP contribution in [0.4, 0.5) is 11.4 Å². The highest BCUT2D eigenvalue weighted by atomic mass is 79.9. The van der Waals surface area contributed by atoms with Crippen LogP contribution in [0.1, 0.15) is 19.3 Å². The number of hydrogen-bond donors (Lipinski definition) is 1. The summed E-state index contributed by atoms with van der Waals surface area (Å²) in [5, 5.41) is 3.82. The van der Waals surface area contributed by atoms with Crippen LogP contribution in [0.3, 0.4) is 0 Å². The zero-order chi connectivity index (χ0) is 20.2. The van der Waals surface area contributed by atoms with Crippen molar-refractivity contribution in [1.29, 1.82) is 0 Å². The second kappa shape index (κ2) is 9.13. The molecule has 2 aromatic carbocycles. The fourth-order valence-corrected chi connectivity index (χ4v) is 4.91. The van der Waals surface area contributed by atoms with E-state index in [1.54, 1.807) is 6.20 Å². The zero-order valence-electron chi connectivity index (χ0n) is 15.8. The average Bonchev–Trinajstić information content (AvgIpc) is 2.75. The van der Waals surface area contributed by atoms with Gasteiger partial charge in [-0.25, -0.2) is 0 Å². The summed E-state index contributed by atoms with van der Waals surface area (Å²) in [7, 11) is 0. The molecule has 0 unspecified atom stereocenters. The van der Waals surface area contributed by atoms with Crippen molar-refractivity contribution in [2.24, 2.45) is 0 Å². The Morgan fingerprint density at radius 1 is 1.07 bits per heavy atom. The maximum Gasteiger partial charge on any atom is 0.262 e. The summed E-state index contributed by atoms with van der Waals surface area (Å²) < 4.78 is 7.47. The number of ether oxygens (including phenoxy) is 1. The summed E-state index contributed by atoms with van der Waals surface area (Å²) in [6.45, 7) is 2.10. The van der Waals surface area contributed by atoms with Crippen LogP contribution in [0.25, 0.3) is 10.9 Å². The molecule has 29 heavy (non-hydrogen) atoms. The first-order chi connectivity index (χ1) is 14.1. The van der Waals surface area contributed by atoms with E-state index in [1.165, 1.54) is 24.9 Å². The first-order valence-corrected chi connectivity index (χ1v) is 11.2. The lowest BCUT2D eigenvalue weighted by atomic mass is 10.1. The van der Waals surface area contributed by atoms with Crippen LogP contribution < -0.4 is 15.0 Å². The lowest BCUT2D eigenvalue weighted by Gasteiger charge is -2.28. The van der Waals surface area contributed by atoms with Gasteiger partial charge in [0.2, 0.25) is 0 Å². The van der Waals surface area contributed by atoms with Crippen molar-refractivity contribution in [3.63, 3.8) is 0 Å². The van der Waals surface area contributed by atoms with Crippen LogP contribution in [0.15, 0.2) is 57.6 Å². The van der Waals surface area contributed by atoms with Crippen LogP contribution in [0.5, 0.6) is 5.75 Å². The normalized spacial score (nSPS) is 14.1. The molecule has 1 saturated heterocycles. The summed E-state index contributed by atoms with van der Waals surface area (Å²) >= 11 is 7.03. The number of benzene rings is 2. The van der Waals surface area contributed by atoms with Crippen LogP contribution in [-0.2, 0) is 4.79 Å². The fourth-order valence-electron chi connectivity index (χ4n) is 3.53. The number of pyridine rings is 1. The Morgan fingerprint density at radius 3 is 2.59 bits per heavy atom. The number of carbonyl (C=O) groups is 1. The van der Waals surface area contributed by atoms with Gasteiger partial charge in [-0.1, -0.05) is 22.0 Å². The lowest BCUT2D eigenvalue weighted by molar-refractivity contribution is -0.118. The number of carbonyl (C=O) groups excluding carboxylic acids is 1. The van der Waals surface area contributed by atoms with E-state index in [1.807, 2.05) is 30.3 Å². The third-order valence-electron chi connectivity index (χ3n) is 4.97. The van der Waals surface area contributed by atoms with Crippen molar-refractivity contribution in [2.45, 2.75) is 19.3 Å². The van der Waals surface area contributed by atoms with Crippen molar-refractivity contribution >= 4 is 60.0 Å². The van der Waals surface area contributed by atoms with Gasteiger partial charge in [0.1, 0.15) is 5.52 Å². The molecular formula is C22H21Br2N3O2. The quantitative estimate of drug-likeness (QED) is 0.466. The maximum atomic E-state index is 12.4. The minimum Gasteiger partial charge on any atom is -0.480 e. The van der Waals surface area contributed by atoms with Gasteiger partial charge in [0.15, 0.2) is 12.4 Å². The highest BCUT2D eigenvalue weighted by Gasteiger charge is 2.14. The second-order valence-electron chi connectivity index (χ2n) is 7.00.